The summed E-state index contributed by atoms with van der Waals surface area (Å²) in [5, 5.41) is 4.46. The van der Waals surface area contributed by atoms with Gasteiger partial charge in [0.15, 0.2) is 5.82 Å². The van der Waals surface area contributed by atoms with Gasteiger partial charge in [0, 0.05) is 5.92 Å². The van der Waals surface area contributed by atoms with E-state index < -0.39 is 0 Å². The van der Waals surface area contributed by atoms with E-state index in [0.717, 1.165) is 11.7 Å². The van der Waals surface area contributed by atoms with Crippen LogP contribution in [0.1, 0.15) is 38.4 Å². The largest absolute Gasteiger partial charge is 0.339 e. The molecule has 0 aliphatic heterocycles. The minimum Gasteiger partial charge on any atom is -0.339 e. The summed E-state index contributed by atoms with van der Waals surface area (Å²) in [7, 11) is 0. The lowest BCUT2D eigenvalue weighted by Gasteiger charge is -2.08. The number of alkyl halides is 1. The molecule has 0 aliphatic carbocycles. The van der Waals surface area contributed by atoms with Crippen LogP contribution in [0.25, 0.3) is 0 Å². The lowest BCUT2D eigenvalue weighted by Crippen LogP contribution is -2.02. The summed E-state index contributed by atoms with van der Waals surface area (Å²) in [4.78, 5) is 4.23. The van der Waals surface area contributed by atoms with Crippen LogP contribution in [0, 0.1) is 5.92 Å². The quantitative estimate of drug-likeness (QED) is 0.753. The Labute approximate surface area is 80.7 Å². The SMILES string of the molecule is CC(C)C(C)c1nc(CBr)no1. The standard InChI is InChI=1S/C8H13BrN2O/c1-5(2)6(3)8-10-7(4-9)11-12-8/h5-6H,4H2,1-3H3. The Morgan fingerprint density at radius 1 is 1.42 bits per heavy atom. The Balaban J connectivity index is 2.74. The number of hydrogen-bond acceptors (Lipinski definition) is 3. The third-order valence-corrected chi connectivity index (χ3v) is 2.49. The van der Waals surface area contributed by atoms with Crippen molar-refractivity contribution in [2.45, 2.75) is 32.0 Å². The molecule has 1 unspecified atom stereocenters. The van der Waals surface area contributed by atoms with Crippen LogP contribution in [0.3, 0.4) is 0 Å². The molecule has 1 aromatic rings. The first-order chi connectivity index (χ1) is 5.65. The minimum atomic E-state index is 0.338. The molecule has 1 rings (SSSR count). The van der Waals surface area contributed by atoms with Gasteiger partial charge in [0.05, 0.1) is 5.33 Å². The number of nitrogens with zero attached hydrogens (tertiary/aromatic N) is 2. The topological polar surface area (TPSA) is 38.9 Å². The van der Waals surface area contributed by atoms with Crippen molar-refractivity contribution in [2.75, 3.05) is 0 Å². The highest BCUT2D eigenvalue weighted by atomic mass is 79.9. The Kier molecular flexibility index (Phi) is 3.26. The number of hydrogen-bond donors (Lipinski definition) is 0. The Hall–Kier alpha value is -0.380. The Morgan fingerprint density at radius 2 is 2.08 bits per heavy atom. The first-order valence-corrected chi connectivity index (χ1v) is 5.15. The fourth-order valence-electron chi connectivity index (χ4n) is 0.792. The zero-order valence-electron chi connectivity index (χ0n) is 7.54. The van der Waals surface area contributed by atoms with E-state index in [0.29, 0.717) is 17.2 Å². The zero-order valence-corrected chi connectivity index (χ0v) is 9.13. The fourth-order valence-corrected chi connectivity index (χ4v) is 1.02. The van der Waals surface area contributed by atoms with Gasteiger partial charge >= 0.3 is 0 Å². The van der Waals surface area contributed by atoms with Crippen molar-refractivity contribution in [3.8, 4) is 0 Å². The molecule has 4 heteroatoms. The van der Waals surface area contributed by atoms with Crippen LogP contribution in [0.4, 0.5) is 0 Å². The first-order valence-electron chi connectivity index (χ1n) is 4.03. The number of aromatic nitrogens is 2. The van der Waals surface area contributed by atoms with Crippen LogP contribution < -0.4 is 0 Å². The molecule has 1 atom stereocenters. The summed E-state index contributed by atoms with van der Waals surface area (Å²) in [5.41, 5.74) is 0. The molecule has 0 fully saturated rings. The molecular weight excluding hydrogens is 220 g/mol. The molecule has 0 bridgehead atoms. The highest BCUT2D eigenvalue weighted by Crippen LogP contribution is 2.21. The van der Waals surface area contributed by atoms with Crippen LogP contribution >= 0.6 is 15.9 Å². The molecule has 0 radical (unpaired) electrons. The smallest absolute Gasteiger partial charge is 0.229 e. The third kappa shape index (κ3) is 2.06. The monoisotopic (exact) mass is 232 g/mol. The molecule has 0 N–H and O–H groups in total. The first kappa shape index (κ1) is 9.71. The molecule has 0 spiro atoms. The van der Waals surface area contributed by atoms with E-state index in [-0.39, 0.29) is 0 Å². The van der Waals surface area contributed by atoms with E-state index in [1.807, 2.05) is 0 Å². The van der Waals surface area contributed by atoms with Gasteiger partial charge in [-0.3, -0.25) is 0 Å². The van der Waals surface area contributed by atoms with Crippen LogP contribution in [-0.2, 0) is 5.33 Å². The van der Waals surface area contributed by atoms with Gasteiger partial charge in [-0.05, 0) is 5.92 Å². The van der Waals surface area contributed by atoms with Gasteiger partial charge in [-0.1, -0.05) is 41.9 Å². The van der Waals surface area contributed by atoms with Crippen molar-refractivity contribution >= 4 is 15.9 Å². The summed E-state index contributed by atoms with van der Waals surface area (Å²) in [6.07, 6.45) is 0. The summed E-state index contributed by atoms with van der Waals surface area (Å²) in [6, 6.07) is 0. The molecule has 3 nitrogen and oxygen atoms in total. The average Bonchev–Trinajstić information content (AvgIpc) is 2.50. The van der Waals surface area contributed by atoms with Crippen molar-refractivity contribution in [3.63, 3.8) is 0 Å². The van der Waals surface area contributed by atoms with E-state index >= 15 is 0 Å². The van der Waals surface area contributed by atoms with Crippen molar-refractivity contribution in [1.82, 2.24) is 10.1 Å². The van der Waals surface area contributed by atoms with Crippen molar-refractivity contribution in [3.05, 3.63) is 11.7 Å². The predicted molar refractivity (Wildman–Crippen MR) is 50.2 cm³/mol. The molecule has 0 saturated carbocycles. The maximum atomic E-state index is 5.09. The molecule has 0 aromatic carbocycles. The van der Waals surface area contributed by atoms with E-state index in [1.54, 1.807) is 0 Å². The number of rotatable bonds is 3. The normalized spacial score (nSPS) is 13.8. The van der Waals surface area contributed by atoms with Gasteiger partial charge in [0.1, 0.15) is 0 Å². The lowest BCUT2D eigenvalue weighted by atomic mass is 9.98. The minimum absolute atomic E-state index is 0.338. The summed E-state index contributed by atoms with van der Waals surface area (Å²) < 4.78 is 5.09. The maximum Gasteiger partial charge on any atom is 0.229 e. The number of halogens is 1. The van der Waals surface area contributed by atoms with Gasteiger partial charge in [-0.15, -0.1) is 0 Å². The summed E-state index contributed by atoms with van der Waals surface area (Å²) in [5.74, 6) is 2.33. The molecule has 68 valence electrons. The maximum absolute atomic E-state index is 5.09. The predicted octanol–water partition coefficient (Wildman–Crippen LogP) is 2.72. The molecule has 0 amide bonds. The third-order valence-electron chi connectivity index (χ3n) is 1.99. The van der Waals surface area contributed by atoms with Crippen LogP contribution in [-0.4, -0.2) is 10.1 Å². The molecule has 1 aromatic heterocycles. The van der Waals surface area contributed by atoms with E-state index in [1.165, 1.54) is 0 Å². The van der Waals surface area contributed by atoms with Crippen LogP contribution in [0.5, 0.6) is 0 Å². The van der Waals surface area contributed by atoms with Gasteiger partial charge in [-0.2, -0.15) is 4.98 Å². The van der Waals surface area contributed by atoms with Gasteiger partial charge in [0.2, 0.25) is 5.89 Å². The Morgan fingerprint density at radius 3 is 2.50 bits per heavy atom. The second-order valence-electron chi connectivity index (χ2n) is 3.22. The summed E-state index contributed by atoms with van der Waals surface area (Å²) >= 11 is 3.27. The second kappa shape index (κ2) is 4.03. The van der Waals surface area contributed by atoms with Crippen molar-refractivity contribution in [2.24, 2.45) is 5.92 Å². The molecule has 12 heavy (non-hydrogen) atoms. The molecule has 0 saturated heterocycles. The highest BCUT2D eigenvalue weighted by molar-refractivity contribution is 9.08. The van der Waals surface area contributed by atoms with Gasteiger partial charge in [-0.25, -0.2) is 0 Å². The molecular formula is C8H13BrN2O. The van der Waals surface area contributed by atoms with E-state index in [4.69, 9.17) is 4.52 Å². The average molecular weight is 233 g/mol. The Bertz CT molecular complexity index is 247. The molecule has 0 aliphatic rings. The summed E-state index contributed by atoms with van der Waals surface area (Å²) in [6.45, 7) is 6.38. The van der Waals surface area contributed by atoms with E-state index in [2.05, 4.69) is 46.8 Å². The van der Waals surface area contributed by atoms with Crippen molar-refractivity contribution < 1.29 is 4.52 Å². The lowest BCUT2D eigenvalue weighted by molar-refractivity contribution is 0.329. The van der Waals surface area contributed by atoms with Crippen LogP contribution in [0.15, 0.2) is 4.52 Å². The second-order valence-corrected chi connectivity index (χ2v) is 3.78. The van der Waals surface area contributed by atoms with Gasteiger partial charge in [0.25, 0.3) is 0 Å². The van der Waals surface area contributed by atoms with Gasteiger partial charge < -0.3 is 4.52 Å². The van der Waals surface area contributed by atoms with Crippen LogP contribution in [0.2, 0.25) is 0 Å². The highest BCUT2D eigenvalue weighted by Gasteiger charge is 2.16. The fraction of sp³-hybridized carbons (Fsp3) is 0.750. The van der Waals surface area contributed by atoms with E-state index in [9.17, 15) is 0 Å². The molecule has 1 heterocycles. The van der Waals surface area contributed by atoms with Crippen molar-refractivity contribution in [1.29, 1.82) is 0 Å². The zero-order chi connectivity index (χ0) is 9.14.